The number of nitrogens with zero attached hydrogens (tertiary/aromatic N) is 3. The number of hydrogen-bond acceptors (Lipinski definition) is 3. The van der Waals surface area contributed by atoms with Crippen LogP contribution in [0.5, 0.6) is 0 Å². The van der Waals surface area contributed by atoms with Gasteiger partial charge in [-0.25, -0.2) is 9.78 Å². The lowest BCUT2D eigenvalue weighted by atomic mass is 10.2. The second kappa shape index (κ2) is 7.15. The van der Waals surface area contributed by atoms with Gasteiger partial charge in [0.05, 0.1) is 11.9 Å². The summed E-state index contributed by atoms with van der Waals surface area (Å²) in [6.45, 7) is 1.43. The number of pyridine rings is 1. The summed E-state index contributed by atoms with van der Waals surface area (Å²) >= 11 is 0. The lowest BCUT2D eigenvalue weighted by molar-refractivity contribution is 0.102. The molecule has 26 heavy (non-hydrogen) atoms. The SMILES string of the molecule is O=C(Nc1ccc(N2CCN(C3CCCC3)C2=O)nc1)c1ccccc1. The fraction of sp³-hybridized carbons (Fsp3) is 0.350. The van der Waals surface area contributed by atoms with Crippen LogP contribution in [-0.2, 0) is 0 Å². The molecule has 0 unspecified atom stereocenters. The Morgan fingerprint density at radius 2 is 1.81 bits per heavy atom. The highest BCUT2D eigenvalue weighted by molar-refractivity contribution is 6.04. The average molecular weight is 350 g/mol. The fourth-order valence-electron chi connectivity index (χ4n) is 3.73. The van der Waals surface area contributed by atoms with Crippen molar-refractivity contribution in [1.82, 2.24) is 9.88 Å². The average Bonchev–Trinajstić information content (AvgIpc) is 3.33. The first-order chi connectivity index (χ1) is 12.7. The lowest BCUT2D eigenvalue weighted by Gasteiger charge is -2.23. The zero-order chi connectivity index (χ0) is 17.9. The Labute approximate surface area is 152 Å². The minimum absolute atomic E-state index is 0.0467. The summed E-state index contributed by atoms with van der Waals surface area (Å²) in [7, 11) is 0. The van der Waals surface area contributed by atoms with Crippen LogP contribution in [0, 0.1) is 0 Å². The molecule has 0 bridgehead atoms. The number of hydrogen-bond donors (Lipinski definition) is 1. The minimum Gasteiger partial charge on any atom is -0.321 e. The van der Waals surface area contributed by atoms with Crippen molar-refractivity contribution in [3.05, 3.63) is 54.2 Å². The molecule has 1 aromatic carbocycles. The number of benzene rings is 1. The molecule has 2 aromatic rings. The van der Waals surface area contributed by atoms with E-state index in [1.807, 2.05) is 23.1 Å². The van der Waals surface area contributed by atoms with Gasteiger partial charge in [-0.2, -0.15) is 0 Å². The van der Waals surface area contributed by atoms with Crippen molar-refractivity contribution < 1.29 is 9.59 Å². The molecule has 3 amide bonds. The van der Waals surface area contributed by atoms with Crippen molar-refractivity contribution in [2.24, 2.45) is 0 Å². The standard InChI is InChI=1S/C20H22N4O2/c25-19(15-6-2-1-3-7-15)22-16-10-11-18(21-14-16)24-13-12-23(20(24)26)17-8-4-5-9-17/h1-3,6-7,10-11,14,17H,4-5,8-9,12-13H2,(H,22,25). The Kier molecular flexibility index (Phi) is 4.56. The number of amides is 3. The molecule has 1 saturated carbocycles. The van der Waals surface area contributed by atoms with E-state index in [2.05, 4.69) is 10.3 Å². The molecule has 1 aliphatic carbocycles. The first kappa shape index (κ1) is 16.6. The number of anilines is 2. The van der Waals surface area contributed by atoms with E-state index >= 15 is 0 Å². The van der Waals surface area contributed by atoms with E-state index in [0.29, 0.717) is 29.7 Å². The topological polar surface area (TPSA) is 65.5 Å². The summed E-state index contributed by atoms with van der Waals surface area (Å²) in [6.07, 6.45) is 6.24. The second-order valence-electron chi connectivity index (χ2n) is 6.79. The number of carbonyl (C=O) groups is 2. The van der Waals surface area contributed by atoms with Crippen LogP contribution in [0.1, 0.15) is 36.0 Å². The molecule has 134 valence electrons. The Hall–Kier alpha value is -2.89. The maximum Gasteiger partial charge on any atom is 0.326 e. The van der Waals surface area contributed by atoms with Crippen molar-refractivity contribution in [2.75, 3.05) is 23.3 Å². The van der Waals surface area contributed by atoms with Crippen LogP contribution in [0.15, 0.2) is 48.7 Å². The summed E-state index contributed by atoms with van der Waals surface area (Å²) in [5.41, 5.74) is 1.21. The number of carbonyl (C=O) groups excluding carboxylic acids is 2. The number of nitrogens with one attached hydrogen (secondary N) is 1. The summed E-state index contributed by atoms with van der Waals surface area (Å²) < 4.78 is 0. The maximum absolute atomic E-state index is 12.7. The van der Waals surface area contributed by atoms with Crippen LogP contribution >= 0.6 is 0 Å². The molecule has 0 radical (unpaired) electrons. The normalized spacial score (nSPS) is 17.8. The van der Waals surface area contributed by atoms with E-state index in [0.717, 1.165) is 19.4 Å². The summed E-state index contributed by atoms with van der Waals surface area (Å²) in [4.78, 5) is 33.0. The van der Waals surface area contributed by atoms with Gasteiger partial charge in [0.2, 0.25) is 0 Å². The lowest BCUT2D eigenvalue weighted by Crippen LogP contribution is -2.38. The smallest absolute Gasteiger partial charge is 0.321 e. The molecular weight excluding hydrogens is 328 g/mol. The molecule has 1 aliphatic heterocycles. The van der Waals surface area contributed by atoms with Gasteiger partial charge in [-0.05, 0) is 37.1 Å². The zero-order valence-electron chi connectivity index (χ0n) is 14.6. The van der Waals surface area contributed by atoms with Gasteiger partial charge in [0.15, 0.2) is 0 Å². The molecule has 2 heterocycles. The van der Waals surface area contributed by atoms with Crippen molar-refractivity contribution in [3.8, 4) is 0 Å². The molecule has 2 fully saturated rings. The molecule has 4 rings (SSSR count). The zero-order valence-corrected chi connectivity index (χ0v) is 14.6. The van der Waals surface area contributed by atoms with Crippen molar-refractivity contribution in [2.45, 2.75) is 31.7 Å². The van der Waals surface area contributed by atoms with E-state index in [4.69, 9.17) is 0 Å². The summed E-state index contributed by atoms with van der Waals surface area (Å²) in [6, 6.07) is 13.1. The first-order valence-corrected chi connectivity index (χ1v) is 9.13. The Balaban J connectivity index is 1.41. The number of rotatable bonds is 4. The van der Waals surface area contributed by atoms with Gasteiger partial charge >= 0.3 is 6.03 Å². The van der Waals surface area contributed by atoms with E-state index in [1.54, 1.807) is 35.4 Å². The molecule has 1 aromatic heterocycles. The van der Waals surface area contributed by atoms with Gasteiger partial charge in [0, 0.05) is 24.7 Å². The van der Waals surface area contributed by atoms with E-state index in [-0.39, 0.29) is 11.9 Å². The highest BCUT2D eigenvalue weighted by atomic mass is 16.2. The largest absolute Gasteiger partial charge is 0.326 e. The van der Waals surface area contributed by atoms with Gasteiger partial charge in [-0.3, -0.25) is 9.69 Å². The predicted octanol–water partition coefficient (Wildman–Crippen LogP) is 3.52. The van der Waals surface area contributed by atoms with Crippen LogP contribution in [-0.4, -0.2) is 41.0 Å². The van der Waals surface area contributed by atoms with E-state index in [1.165, 1.54) is 12.8 Å². The molecule has 2 aliphatic rings. The fourth-order valence-corrected chi connectivity index (χ4v) is 3.73. The monoisotopic (exact) mass is 350 g/mol. The number of urea groups is 1. The highest BCUT2D eigenvalue weighted by Crippen LogP contribution is 2.28. The van der Waals surface area contributed by atoms with Gasteiger partial charge in [-0.15, -0.1) is 0 Å². The van der Waals surface area contributed by atoms with Crippen LogP contribution in [0.25, 0.3) is 0 Å². The van der Waals surface area contributed by atoms with Crippen LogP contribution in [0.4, 0.5) is 16.3 Å². The molecule has 1 saturated heterocycles. The van der Waals surface area contributed by atoms with Gasteiger partial charge in [0.25, 0.3) is 5.91 Å². The third kappa shape index (κ3) is 3.27. The minimum atomic E-state index is -0.176. The van der Waals surface area contributed by atoms with Crippen molar-refractivity contribution in [1.29, 1.82) is 0 Å². The van der Waals surface area contributed by atoms with Crippen LogP contribution in [0.3, 0.4) is 0 Å². The molecule has 0 spiro atoms. The first-order valence-electron chi connectivity index (χ1n) is 9.13. The second-order valence-corrected chi connectivity index (χ2v) is 6.79. The van der Waals surface area contributed by atoms with Crippen molar-refractivity contribution >= 4 is 23.4 Å². The van der Waals surface area contributed by atoms with E-state index < -0.39 is 0 Å². The molecule has 6 heteroatoms. The maximum atomic E-state index is 12.7. The van der Waals surface area contributed by atoms with Crippen molar-refractivity contribution in [3.63, 3.8) is 0 Å². The van der Waals surface area contributed by atoms with Gasteiger partial charge < -0.3 is 10.2 Å². The van der Waals surface area contributed by atoms with Crippen LogP contribution in [0.2, 0.25) is 0 Å². The molecular formula is C20H22N4O2. The van der Waals surface area contributed by atoms with Gasteiger partial charge in [-0.1, -0.05) is 31.0 Å². The third-order valence-corrected chi connectivity index (χ3v) is 5.12. The Morgan fingerprint density at radius 3 is 2.50 bits per heavy atom. The summed E-state index contributed by atoms with van der Waals surface area (Å²) in [5, 5.41) is 2.83. The Bertz CT molecular complexity index is 785. The third-order valence-electron chi connectivity index (χ3n) is 5.12. The van der Waals surface area contributed by atoms with Gasteiger partial charge in [0.1, 0.15) is 5.82 Å². The quantitative estimate of drug-likeness (QED) is 0.917. The highest BCUT2D eigenvalue weighted by Gasteiger charge is 2.36. The van der Waals surface area contributed by atoms with E-state index in [9.17, 15) is 9.59 Å². The number of aromatic nitrogens is 1. The predicted molar refractivity (Wildman–Crippen MR) is 100 cm³/mol. The molecule has 0 atom stereocenters. The summed E-state index contributed by atoms with van der Waals surface area (Å²) in [5.74, 6) is 0.456. The molecule has 6 nitrogen and oxygen atoms in total. The molecule has 1 N–H and O–H groups in total. The Morgan fingerprint density at radius 1 is 1.04 bits per heavy atom. The van der Waals surface area contributed by atoms with Crippen LogP contribution < -0.4 is 10.2 Å².